The molecule has 2 N–H and O–H groups in total. The molecule has 2 rings (SSSR count). The van der Waals surface area contributed by atoms with Crippen LogP contribution in [-0.4, -0.2) is 18.3 Å². The molecule has 1 aromatic carbocycles. The summed E-state index contributed by atoms with van der Waals surface area (Å²) in [6.45, 7) is 0. The van der Waals surface area contributed by atoms with Crippen LogP contribution in [0.2, 0.25) is 0 Å². The Morgan fingerprint density at radius 3 is 2.65 bits per heavy atom. The summed E-state index contributed by atoms with van der Waals surface area (Å²) >= 11 is 0. The van der Waals surface area contributed by atoms with E-state index in [1.807, 2.05) is 30.3 Å². The van der Waals surface area contributed by atoms with E-state index in [0.717, 1.165) is 11.3 Å². The lowest BCUT2D eigenvalue weighted by Crippen LogP contribution is -1.89. The van der Waals surface area contributed by atoms with Crippen molar-refractivity contribution >= 4 is 17.7 Å². The van der Waals surface area contributed by atoms with Crippen LogP contribution in [0.25, 0.3) is 0 Å². The molecular weight excluding hydrogens is 214 g/mol. The van der Waals surface area contributed by atoms with Crippen molar-refractivity contribution in [2.75, 3.05) is 12.8 Å². The van der Waals surface area contributed by atoms with E-state index in [1.165, 1.54) is 0 Å². The van der Waals surface area contributed by atoms with E-state index >= 15 is 0 Å². The van der Waals surface area contributed by atoms with Crippen molar-refractivity contribution in [2.45, 2.75) is 0 Å². The van der Waals surface area contributed by atoms with Crippen molar-refractivity contribution in [3.63, 3.8) is 0 Å². The molecule has 0 unspecified atom stereocenters. The quantitative estimate of drug-likeness (QED) is 0.819. The lowest BCUT2D eigenvalue weighted by atomic mass is 10.2. The predicted octanol–water partition coefficient (Wildman–Crippen LogP) is 2.42. The third-order valence-electron chi connectivity index (χ3n) is 2.28. The summed E-state index contributed by atoms with van der Waals surface area (Å²) in [6, 6.07) is 11.2. The second kappa shape index (κ2) is 5.12. The maximum absolute atomic E-state index is 5.69. The van der Waals surface area contributed by atoms with Gasteiger partial charge in [0.25, 0.3) is 0 Å². The number of benzene rings is 1. The summed E-state index contributed by atoms with van der Waals surface area (Å²) < 4.78 is 5.08. The molecule has 1 heterocycles. The number of anilines is 1. The van der Waals surface area contributed by atoms with Crippen molar-refractivity contribution in [1.29, 1.82) is 0 Å². The Morgan fingerprint density at radius 2 is 2.00 bits per heavy atom. The van der Waals surface area contributed by atoms with Gasteiger partial charge in [0.2, 0.25) is 0 Å². The molecule has 2 aromatic rings. The fraction of sp³-hybridized carbons (Fsp3) is 0.0769. The van der Waals surface area contributed by atoms with Gasteiger partial charge in [0.1, 0.15) is 17.3 Å². The van der Waals surface area contributed by atoms with Crippen molar-refractivity contribution in [2.24, 2.45) is 4.99 Å². The number of rotatable bonds is 3. The molecule has 17 heavy (non-hydrogen) atoms. The monoisotopic (exact) mass is 227 g/mol. The van der Waals surface area contributed by atoms with Gasteiger partial charge in [0.15, 0.2) is 0 Å². The standard InChI is InChI=1S/C13H13N3O/c1-17-11-6-4-10(5-7-11)9-16-12-3-2-8-15-13(12)14/h2-9H,1H3,(H2,14,15). The Balaban J connectivity index is 2.17. The number of hydrogen-bond donors (Lipinski definition) is 1. The van der Waals surface area contributed by atoms with Crippen LogP contribution >= 0.6 is 0 Å². The third-order valence-corrected chi connectivity index (χ3v) is 2.28. The Labute approximate surface area is 99.8 Å². The average Bonchev–Trinajstić information content (AvgIpc) is 2.38. The molecule has 0 atom stereocenters. The first-order chi connectivity index (χ1) is 8.29. The van der Waals surface area contributed by atoms with Gasteiger partial charge in [-0.1, -0.05) is 0 Å². The van der Waals surface area contributed by atoms with Crippen LogP contribution in [0.3, 0.4) is 0 Å². The molecule has 4 heteroatoms. The highest BCUT2D eigenvalue weighted by atomic mass is 16.5. The summed E-state index contributed by atoms with van der Waals surface area (Å²) in [7, 11) is 1.64. The zero-order valence-electron chi connectivity index (χ0n) is 9.50. The molecule has 0 aliphatic heterocycles. The minimum absolute atomic E-state index is 0.428. The minimum atomic E-state index is 0.428. The minimum Gasteiger partial charge on any atom is -0.497 e. The fourth-order valence-electron chi connectivity index (χ4n) is 1.35. The molecule has 0 fully saturated rings. The second-order valence-electron chi connectivity index (χ2n) is 3.44. The molecule has 0 spiro atoms. The summed E-state index contributed by atoms with van der Waals surface area (Å²) in [6.07, 6.45) is 3.38. The Morgan fingerprint density at radius 1 is 1.24 bits per heavy atom. The van der Waals surface area contributed by atoms with E-state index in [4.69, 9.17) is 10.5 Å². The van der Waals surface area contributed by atoms with Gasteiger partial charge in [0.05, 0.1) is 7.11 Å². The highest BCUT2D eigenvalue weighted by Crippen LogP contribution is 2.18. The Hall–Kier alpha value is -2.36. The van der Waals surface area contributed by atoms with E-state index < -0.39 is 0 Å². The molecule has 0 saturated carbocycles. The van der Waals surface area contributed by atoms with Crippen LogP contribution in [0.15, 0.2) is 47.6 Å². The molecule has 0 radical (unpaired) electrons. The maximum Gasteiger partial charge on any atom is 0.149 e. The highest BCUT2D eigenvalue weighted by Gasteiger charge is 1.95. The number of methoxy groups -OCH3 is 1. The number of nitrogens with two attached hydrogens (primary N) is 1. The number of nitrogen functional groups attached to an aromatic ring is 1. The summed E-state index contributed by atoms with van der Waals surface area (Å²) in [5.74, 6) is 1.25. The lowest BCUT2D eigenvalue weighted by molar-refractivity contribution is 0.415. The molecule has 0 saturated heterocycles. The number of nitrogens with zero attached hydrogens (tertiary/aromatic N) is 2. The highest BCUT2D eigenvalue weighted by molar-refractivity contribution is 5.83. The molecular formula is C13H13N3O. The van der Waals surface area contributed by atoms with Crippen LogP contribution in [0, 0.1) is 0 Å². The van der Waals surface area contributed by atoms with Crippen molar-refractivity contribution in [1.82, 2.24) is 4.98 Å². The number of aromatic nitrogens is 1. The normalized spacial score (nSPS) is 10.6. The van der Waals surface area contributed by atoms with Gasteiger partial charge in [-0.15, -0.1) is 0 Å². The largest absolute Gasteiger partial charge is 0.497 e. The third kappa shape index (κ3) is 2.81. The number of ether oxygens (including phenoxy) is 1. The van der Waals surface area contributed by atoms with Crippen LogP contribution < -0.4 is 10.5 Å². The van der Waals surface area contributed by atoms with Crippen molar-refractivity contribution in [3.8, 4) is 5.75 Å². The van der Waals surface area contributed by atoms with Crippen LogP contribution in [0.4, 0.5) is 11.5 Å². The molecule has 86 valence electrons. The molecule has 0 aliphatic rings. The van der Waals surface area contributed by atoms with Gasteiger partial charge in [-0.3, -0.25) is 4.99 Å². The molecule has 4 nitrogen and oxygen atoms in total. The van der Waals surface area contributed by atoms with Gasteiger partial charge in [0, 0.05) is 12.4 Å². The van der Waals surface area contributed by atoms with Gasteiger partial charge in [-0.2, -0.15) is 0 Å². The van der Waals surface area contributed by atoms with E-state index in [9.17, 15) is 0 Å². The fourth-order valence-corrected chi connectivity index (χ4v) is 1.35. The zero-order chi connectivity index (χ0) is 12.1. The average molecular weight is 227 g/mol. The van der Waals surface area contributed by atoms with Crippen LogP contribution in [-0.2, 0) is 0 Å². The first kappa shape index (κ1) is 11.1. The van der Waals surface area contributed by atoms with Gasteiger partial charge in [-0.05, 0) is 42.0 Å². The van der Waals surface area contributed by atoms with E-state index in [-0.39, 0.29) is 0 Å². The SMILES string of the molecule is COc1ccc(C=Nc2cccnc2N)cc1. The van der Waals surface area contributed by atoms with Gasteiger partial charge < -0.3 is 10.5 Å². The van der Waals surface area contributed by atoms with Crippen molar-refractivity contribution in [3.05, 3.63) is 48.2 Å². The topological polar surface area (TPSA) is 60.5 Å². The van der Waals surface area contributed by atoms with Crippen molar-refractivity contribution < 1.29 is 4.74 Å². The zero-order valence-corrected chi connectivity index (χ0v) is 9.50. The first-order valence-corrected chi connectivity index (χ1v) is 5.18. The molecule has 0 aliphatic carbocycles. The Kier molecular flexibility index (Phi) is 3.35. The van der Waals surface area contributed by atoms with Gasteiger partial charge in [-0.25, -0.2) is 4.98 Å². The number of aliphatic imine (C=N–C) groups is 1. The molecule has 0 amide bonds. The van der Waals surface area contributed by atoms with Crippen LogP contribution in [0.1, 0.15) is 5.56 Å². The first-order valence-electron chi connectivity index (χ1n) is 5.18. The smallest absolute Gasteiger partial charge is 0.149 e. The Bertz CT molecular complexity index is 520. The van der Waals surface area contributed by atoms with E-state index in [1.54, 1.807) is 25.6 Å². The summed E-state index contributed by atoms with van der Waals surface area (Å²) in [4.78, 5) is 8.24. The second-order valence-corrected chi connectivity index (χ2v) is 3.44. The van der Waals surface area contributed by atoms with Gasteiger partial charge >= 0.3 is 0 Å². The number of pyridine rings is 1. The number of hydrogen-bond acceptors (Lipinski definition) is 4. The summed E-state index contributed by atoms with van der Waals surface area (Å²) in [5.41, 5.74) is 7.34. The lowest BCUT2D eigenvalue weighted by Gasteiger charge is -1.99. The van der Waals surface area contributed by atoms with E-state index in [0.29, 0.717) is 11.5 Å². The van der Waals surface area contributed by atoms with Crippen LogP contribution in [0.5, 0.6) is 5.75 Å². The molecule has 0 bridgehead atoms. The molecule has 1 aromatic heterocycles. The summed E-state index contributed by atoms with van der Waals surface area (Å²) in [5, 5.41) is 0. The van der Waals surface area contributed by atoms with E-state index in [2.05, 4.69) is 9.98 Å². The predicted molar refractivity (Wildman–Crippen MR) is 68.9 cm³/mol. The maximum atomic E-state index is 5.69.